The van der Waals surface area contributed by atoms with Gasteiger partial charge in [0.15, 0.2) is 5.96 Å². The number of aromatic nitrogens is 3. The van der Waals surface area contributed by atoms with Crippen molar-refractivity contribution in [1.82, 2.24) is 25.3 Å². The van der Waals surface area contributed by atoms with E-state index >= 15 is 0 Å². The number of hydrogen-bond donors (Lipinski definition) is 2. The van der Waals surface area contributed by atoms with Crippen LogP contribution in [-0.4, -0.2) is 27.2 Å². The Morgan fingerprint density at radius 2 is 1.74 bits per heavy atom. The van der Waals surface area contributed by atoms with Gasteiger partial charge in [0.05, 0.1) is 29.6 Å². The SMILES string of the molecule is CCNC(=NCc1ccc(Cn2cnc3ccccc32)cc1)NCc1c(CC)noc1CC.I. The van der Waals surface area contributed by atoms with E-state index in [1.54, 1.807) is 0 Å². The maximum atomic E-state index is 5.47. The van der Waals surface area contributed by atoms with Crippen molar-refractivity contribution < 1.29 is 4.52 Å². The number of imidazole rings is 1. The molecule has 0 saturated carbocycles. The Bertz CT molecular complexity index is 1190. The van der Waals surface area contributed by atoms with Gasteiger partial charge in [0.1, 0.15) is 5.76 Å². The third-order valence-corrected chi connectivity index (χ3v) is 5.71. The number of hydrogen-bond acceptors (Lipinski definition) is 4. The van der Waals surface area contributed by atoms with Crippen LogP contribution in [0.5, 0.6) is 0 Å². The fraction of sp³-hybridized carbons (Fsp3) is 0.346. The molecule has 7 nitrogen and oxygen atoms in total. The highest BCUT2D eigenvalue weighted by atomic mass is 127. The molecule has 0 aliphatic carbocycles. The number of rotatable bonds is 9. The lowest BCUT2D eigenvalue weighted by Gasteiger charge is -2.12. The van der Waals surface area contributed by atoms with Crippen LogP contribution in [0, 0.1) is 0 Å². The van der Waals surface area contributed by atoms with E-state index in [1.165, 1.54) is 11.1 Å². The Kier molecular flexibility index (Phi) is 9.50. The average Bonchev–Trinajstić information content (AvgIpc) is 3.45. The van der Waals surface area contributed by atoms with Crippen LogP contribution in [0.4, 0.5) is 0 Å². The number of nitrogens with zero attached hydrogens (tertiary/aromatic N) is 4. The quantitative estimate of drug-likeness (QED) is 0.166. The summed E-state index contributed by atoms with van der Waals surface area (Å²) in [4.78, 5) is 9.25. The lowest BCUT2D eigenvalue weighted by Crippen LogP contribution is -2.37. The summed E-state index contributed by atoms with van der Waals surface area (Å²) >= 11 is 0. The molecule has 0 saturated heterocycles. The number of para-hydroxylation sites is 2. The highest BCUT2D eigenvalue weighted by Crippen LogP contribution is 2.16. The molecule has 0 atom stereocenters. The number of fused-ring (bicyclic) bond motifs is 1. The van der Waals surface area contributed by atoms with Gasteiger partial charge in [0.2, 0.25) is 0 Å². The Hall–Kier alpha value is -2.88. The standard InChI is InChI=1S/C26H32N6O.HI/c1-4-22-21(25(5-2)33-31-22)16-29-26(27-6-3)28-15-19-11-13-20(14-12-19)17-32-18-30-23-9-7-8-10-24(23)32;/h7-14,18H,4-6,15-17H2,1-3H3,(H2,27,28,29);1H. The molecule has 4 aromatic rings. The van der Waals surface area contributed by atoms with Gasteiger partial charge >= 0.3 is 0 Å². The van der Waals surface area contributed by atoms with Crippen molar-refractivity contribution in [2.24, 2.45) is 4.99 Å². The van der Waals surface area contributed by atoms with Crippen molar-refractivity contribution in [3.8, 4) is 0 Å². The predicted molar refractivity (Wildman–Crippen MR) is 148 cm³/mol. The molecular weight excluding hydrogens is 539 g/mol. The van der Waals surface area contributed by atoms with Crippen LogP contribution in [0.1, 0.15) is 48.9 Å². The van der Waals surface area contributed by atoms with Gasteiger partial charge in [-0.05, 0) is 36.6 Å². The third-order valence-electron chi connectivity index (χ3n) is 5.71. The summed E-state index contributed by atoms with van der Waals surface area (Å²) in [5, 5.41) is 10.9. The molecule has 0 radical (unpaired) electrons. The van der Waals surface area contributed by atoms with Crippen LogP contribution in [0.3, 0.4) is 0 Å². The zero-order chi connectivity index (χ0) is 23.0. The Morgan fingerprint density at radius 3 is 2.47 bits per heavy atom. The van der Waals surface area contributed by atoms with Gasteiger partial charge in [-0.2, -0.15) is 0 Å². The second-order valence-electron chi connectivity index (χ2n) is 7.96. The van der Waals surface area contributed by atoms with Crippen LogP contribution < -0.4 is 10.6 Å². The van der Waals surface area contributed by atoms with E-state index in [2.05, 4.69) is 76.4 Å². The Labute approximate surface area is 218 Å². The van der Waals surface area contributed by atoms with E-state index in [1.807, 2.05) is 24.5 Å². The van der Waals surface area contributed by atoms with E-state index in [-0.39, 0.29) is 24.0 Å². The molecule has 2 heterocycles. The molecule has 0 fully saturated rings. The van der Waals surface area contributed by atoms with Gasteiger partial charge in [0.25, 0.3) is 0 Å². The molecule has 2 N–H and O–H groups in total. The Balaban J connectivity index is 0.00000324. The zero-order valence-electron chi connectivity index (χ0n) is 20.0. The summed E-state index contributed by atoms with van der Waals surface area (Å²) < 4.78 is 7.65. The molecule has 8 heteroatoms. The summed E-state index contributed by atoms with van der Waals surface area (Å²) in [6.45, 7) is 9.11. The fourth-order valence-corrected chi connectivity index (χ4v) is 3.91. The minimum atomic E-state index is 0. The second-order valence-corrected chi connectivity index (χ2v) is 7.96. The molecule has 0 spiro atoms. The number of aryl methyl sites for hydroxylation is 2. The molecular formula is C26H33IN6O. The molecule has 4 rings (SSSR count). The van der Waals surface area contributed by atoms with Crippen LogP contribution in [0.15, 0.2) is 64.4 Å². The molecule has 0 amide bonds. The highest BCUT2D eigenvalue weighted by Gasteiger charge is 2.13. The average molecular weight is 572 g/mol. The number of guanidine groups is 1. The van der Waals surface area contributed by atoms with E-state index < -0.39 is 0 Å². The van der Waals surface area contributed by atoms with E-state index in [0.717, 1.165) is 59.9 Å². The zero-order valence-corrected chi connectivity index (χ0v) is 22.4. The lowest BCUT2D eigenvalue weighted by atomic mass is 10.1. The van der Waals surface area contributed by atoms with Crippen molar-refractivity contribution in [1.29, 1.82) is 0 Å². The largest absolute Gasteiger partial charge is 0.361 e. The third kappa shape index (κ3) is 6.16. The topological polar surface area (TPSA) is 80.3 Å². The molecule has 2 aromatic heterocycles. The monoisotopic (exact) mass is 572 g/mol. The smallest absolute Gasteiger partial charge is 0.191 e. The van der Waals surface area contributed by atoms with Crippen molar-refractivity contribution in [3.05, 3.63) is 83.0 Å². The van der Waals surface area contributed by atoms with Gasteiger partial charge in [-0.15, -0.1) is 24.0 Å². The minimum absolute atomic E-state index is 0. The number of benzene rings is 2. The molecule has 0 bridgehead atoms. The van der Waals surface area contributed by atoms with Gasteiger partial charge in [-0.25, -0.2) is 9.98 Å². The molecule has 180 valence electrons. The van der Waals surface area contributed by atoms with Crippen molar-refractivity contribution >= 4 is 41.0 Å². The molecule has 34 heavy (non-hydrogen) atoms. The summed E-state index contributed by atoms with van der Waals surface area (Å²) in [6.07, 6.45) is 3.59. The first-order valence-corrected chi connectivity index (χ1v) is 11.7. The maximum absolute atomic E-state index is 5.47. The minimum Gasteiger partial charge on any atom is -0.361 e. The van der Waals surface area contributed by atoms with Crippen LogP contribution in [0.2, 0.25) is 0 Å². The number of halogens is 1. The van der Waals surface area contributed by atoms with Crippen LogP contribution in [0.25, 0.3) is 11.0 Å². The van der Waals surface area contributed by atoms with Gasteiger partial charge in [0, 0.05) is 31.6 Å². The fourth-order valence-electron chi connectivity index (χ4n) is 3.91. The summed E-state index contributed by atoms with van der Waals surface area (Å²) in [5.74, 6) is 1.73. The van der Waals surface area contributed by atoms with Crippen molar-refractivity contribution in [2.75, 3.05) is 6.54 Å². The first kappa shape index (κ1) is 25.7. The Morgan fingerprint density at radius 1 is 0.971 bits per heavy atom. The van der Waals surface area contributed by atoms with Gasteiger partial charge < -0.3 is 19.7 Å². The molecule has 2 aromatic carbocycles. The van der Waals surface area contributed by atoms with E-state index in [9.17, 15) is 0 Å². The van der Waals surface area contributed by atoms with Crippen LogP contribution in [-0.2, 0) is 32.5 Å². The van der Waals surface area contributed by atoms with E-state index in [4.69, 9.17) is 9.52 Å². The predicted octanol–water partition coefficient (Wildman–Crippen LogP) is 5.07. The lowest BCUT2D eigenvalue weighted by molar-refractivity contribution is 0.380. The number of nitrogens with one attached hydrogen (secondary N) is 2. The molecule has 0 unspecified atom stereocenters. The normalized spacial score (nSPS) is 11.4. The summed E-state index contributed by atoms with van der Waals surface area (Å²) in [7, 11) is 0. The van der Waals surface area contributed by atoms with Crippen molar-refractivity contribution in [3.63, 3.8) is 0 Å². The first-order valence-electron chi connectivity index (χ1n) is 11.7. The molecule has 0 aliphatic heterocycles. The second kappa shape index (κ2) is 12.5. The van der Waals surface area contributed by atoms with E-state index in [0.29, 0.717) is 13.1 Å². The first-order chi connectivity index (χ1) is 16.2. The molecule has 0 aliphatic rings. The maximum Gasteiger partial charge on any atom is 0.191 e. The summed E-state index contributed by atoms with van der Waals surface area (Å²) in [6, 6.07) is 16.8. The summed E-state index contributed by atoms with van der Waals surface area (Å²) in [5.41, 5.74) is 6.73. The number of aliphatic imine (C=N–C) groups is 1. The van der Waals surface area contributed by atoms with Crippen molar-refractivity contribution in [2.45, 2.75) is 53.2 Å². The van der Waals surface area contributed by atoms with Gasteiger partial charge in [-0.1, -0.05) is 55.4 Å². The van der Waals surface area contributed by atoms with Crippen LogP contribution >= 0.6 is 24.0 Å². The van der Waals surface area contributed by atoms with Gasteiger partial charge in [-0.3, -0.25) is 0 Å². The highest BCUT2D eigenvalue weighted by molar-refractivity contribution is 14.0.